The molecule has 152 valence electrons. The van der Waals surface area contributed by atoms with Crippen molar-refractivity contribution >= 4 is 23.1 Å². The monoisotopic (exact) mass is 396 g/mol. The summed E-state index contributed by atoms with van der Waals surface area (Å²) in [5.41, 5.74) is 2.86. The zero-order valence-corrected chi connectivity index (χ0v) is 16.9. The SMILES string of the molecule is COCCN1C(=O)C(Nc2cc(OC)cc(OC)c2)=C(c2ccc(C)cc2)C1=O. The summed E-state index contributed by atoms with van der Waals surface area (Å²) in [7, 11) is 4.62. The van der Waals surface area contributed by atoms with Crippen molar-refractivity contribution in [1.29, 1.82) is 0 Å². The Labute approximate surface area is 169 Å². The summed E-state index contributed by atoms with van der Waals surface area (Å²) in [4.78, 5) is 27.3. The van der Waals surface area contributed by atoms with Crippen LogP contribution in [0.3, 0.4) is 0 Å². The predicted molar refractivity (Wildman–Crippen MR) is 110 cm³/mol. The van der Waals surface area contributed by atoms with E-state index in [1.165, 1.54) is 12.0 Å². The highest BCUT2D eigenvalue weighted by molar-refractivity contribution is 6.36. The van der Waals surface area contributed by atoms with Crippen LogP contribution < -0.4 is 14.8 Å². The summed E-state index contributed by atoms with van der Waals surface area (Å²) in [5.74, 6) is 0.382. The number of carbonyl (C=O) groups is 2. The molecule has 1 heterocycles. The van der Waals surface area contributed by atoms with E-state index >= 15 is 0 Å². The van der Waals surface area contributed by atoms with Gasteiger partial charge >= 0.3 is 0 Å². The van der Waals surface area contributed by atoms with Gasteiger partial charge in [-0.1, -0.05) is 29.8 Å². The molecular weight excluding hydrogens is 372 g/mol. The first kappa shape index (κ1) is 20.4. The number of ether oxygens (including phenoxy) is 3. The first-order valence-electron chi connectivity index (χ1n) is 9.15. The summed E-state index contributed by atoms with van der Waals surface area (Å²) in [6.45, 7) is 2.40. The van der Waals surface area contributed by atoms with Crippen LogP contribution in [0.25, 0.3) is 5.57 Å². The Bertz CT molecular complexity index is 928. The van der Waals surface area contributed by atoms with E-state index in [-0.39, 0.29) is 24.8 Å². The molecule has 29 heavy (non-hydrogen) atoms. The van der Waals surface area contributed by atoms with Crippen molar-refractivity contribution in [2.45, 2.75) is 6.92 Å². The highest BCUT2D eigenvalue weighted by Gasteiger charge is 2.39. The molecule has 0 fully saturated rings. The summed E-state index contributed by atoms with van der Waals surface area (Å²) in [6.07, 6.45) is 0. The predicted octanol–water partition coefficient (Wildman–Crippen LogP) is 2.85. The molecule has 1 N–H and O–H groups in total. The highest BCUT2D eigenvalue weighted by atomic mass is 16.5. The Balaban J connectivity index is 2.06. The Morgan fingerprint density at radius 1 is 0.897 bits per heavy atom. The molecule has 1 aliphatic rings. The van der Waals surface area contributed by atoms with Crippen LogP contribution in [-0.4, -0.2) is 51.2 Å². The van der Waals surface area contributed by atoms with Gasteiger partial charge in [0.05, 0.1) is 32.9 Å². The molecule has 0 saturated carbocycles. The van der Waals surface area contributed by atoms with Gasteiger partial charge in [-0.3, -0.25) is 14.5 Å². The van der Waals surface area contributed by atoms with E-state index in [0.29, 0.717) is 28.3 Å². The van der Waals surface area contributed by atoms with Gasteiger partial charge in [0.15, 0.2) is 0 Å². The van der Waals surface area contributed by atoms with Crippen molar-refractivity contribution in [1.82, 2.24) is 4.90 Å². The van der Waals surface area contributed by atoms with E-state index in [2.05, 4.69) is 5.32 Å². The van der Waals surface area contributed by atoms with E-state index in [0.717, 1.165) is 5.56 Å². The fourth-order valence-corrected chi connectivity index (χ4v) is 3.09. The van der Waals surface area contributed by atoms with Gasteiger partial charge in [-0.05, 0) is 12.5 Å². The number of hydrogen-bond acceptors (Lipinski definition) is 6. The van der Waals surface area contributed by atoms with Crippen LogP contribution in [0.5, 0.6) is 11.5 Å². The summed E-state index contributed by atoms with van der Waals surface area (Å²) in [5, 5.41) is 3.11. The second-order valence-electron chi connectivity index (χ2n) is 6.60. The number of carbonyl (C=O) groups excluding carboxylic acids is 2. The minimum Gasteiger partial charge on any atom is -0.497 e. The molecule has 7 nitrogen and oxygen atoms in total. The number of imide groups is 1. The van der Waals surface area contributed by atoms with Crippen molar-refractivity contribution in [2.24, 2.45) is 0 Å². The average molecular weight is 396 g/mol. The summed E-state index contributed by atoms with van der Waals surface area (Å²) in [6, 6.07) is 12.7. The van der Waals surface area contributed by atoms with Crippen LogP contribution in [-0.2, 0) is 14.3 Å². The Kier molecular flexibility index (Phi) is 6.19. The van der Waals surface area contributed by atoms with Gasteiger partial charge in [0.25, 0.3) is 11.8 Å². The third-order valence-electron chi connectivity index (χ3n) is 4.65. The molecule has 0 saturated heterocycles. The van der Waals surface area contributed by atoms with Gasteiger partial charge in [0, 0.05) is 31.0 Å². The Morgan fingerprint density at radius 2 is 1.52 bits per heavy atom. The maximum atomic E-state index is 13.1. The number of amides is 2. The van der Waals surface area contributed by atoms with Crippen molar-refractivity contribution < 1.29 is 23.8 Å². The van der Waals surface area contributed by atoms with E-state index < -0.39 is 5.91 Å². The van der Waals surface area contributed by atoms with Crippen molar-refractivity contribution in [3.8, 4) is 11.5 Å². The molecule has 2 amide bonds. The first-order chi connectivity index (χ1) is 14.0. The Morgan fingerprint density at radius 3 is 2.07 bits per heavy atom. The lowest BCUT2D eigenvalue weighted by atomic mass is 10.0. The standard InChI is InChI=1S/C22H24N2O5/c1-14-5-7-15(8-6-14)19-20(22(26)24(21(19)25)9-10-27-2)23-16-11-17(28-3)13-18(12-16)29-4/h5-8,11-13,23H,9-10H2,1-4H3. The molecule has 0 radical (unpaired) electrons. The van der Waals surface area contributed by atoms with Crippen molar-refractivity contribution in [3.63, 3.8) is 0 Å². The zero-order valence-electron chi connectivity index (χ0n) is 16.9. The molecule has 2 aromatic rings. The lowest BCUT2D eigenvalue weighted by molar-refractivity contribution is -0.137. The van der Waals surface area contributed by atoms with Crippen LogP contribution in [0.2, 0.25) is 0 Å². The van der Waals surface area contributed by atoms with Crippen LogP contribution in [0.15, 0.2) is 48.2 Å². The molecule has 0 atom stereocenters. The van der Waals surface area contributed by atoms with Crippen LogP contribution in [0.1, 0.15) is 11.1 Å². The number of nitrogens with one attached hydrogen (secondary N) is 1. The number of benzene rings is 2. The molecule has 0 aromatic heterocycles. The lowest BCUT2D eigenvalue weighted by Crippen LogP contribution is -2.35. The van der Waals surface area contributed by atoms with Gasteiger partial charge in [0.1, 0.15) is 17.2 Å². The van der Waals surface area contributed by atoms with Crippen LogP contribution >= 0.6 is 0 Å². The number of anilines is 1. The van der Waals surface area contributed by atoms with Crippen molar-refractivity contribution in [3.05, 3.63) is 59.3 Å². The summed E-state index contributed by atoms with van der Waals surface area (Å²) >= 11 is 0. The van der Waals surface area contributed by atoms with Crippen molar-refractivity contribution in [2.75, 3.05) is 39.8 Å². The zero-order chi connectivity index (χ0) is 21.0. The number of hydrogen-bond donors (Lipinski definition) is 1. The van der Waals surface area contributed by atoms with Crippen LogP contribution in [0.4, 0.5) is 5.69 Å². The molecule has 2 aromatic carbocycles. The third-order valence-corrected chi connectivity index (χ3v) is 4.65. The van der Waals surface area contributed by atoms with Gasteiger partial charge < -0.3 is 19.5 Å². The van der Waals surface area contributed by atoms with E-state index in [1.54, 1.807) is 32.4 Å². The van der Waals surface area contributed by atoms with Gasteiger partial charge in [0.2, 0.25) is 0 Å². The van der Waals surface area contributed by atoms with Gasteiger partial charge in [-0.2, -0.15) is 0 Å². The minimum atomic E-state index is -0.399. The topological polar surface area (TPSA) is 77.1 Å². The molecule has 3 rings (SSSR count). The molecule has 0 bridgehead atoms. The minimum absolute atomic E-state index is 0.177. The largest absolute Gasteiger partial charge is 0.497 e. The number of methoxy groups -OCH3 is 3. The maximum Gasteiger partial charge on any atom is 0.278 e. The fourth-order valence-electron chi connectivity index (χ4n) is 3.09. The molecule has 7 heteroatoms. The molecule has 1 aliphatic heterocycles. The fraction of sp³-hybridized carbons (Fsp3) is 0.273. The molecule has 0 unspecified atom stereocenters. The van der Waals surface area contributed by atoms with Gasteiger partial charge in [-0.25, -0.2) is 0 Å². The molecular formula is C22H24N2O5. The first-order valence-corrected chi connectivity index (χ1v) is 9.15. The van der Waals surface area contributed by atoms with E-state index in [4.69, 9.17) is 14.2 Å². The quantitative estimate of drug-likeness (QED) is 0.692. The maximum absolute atomic E-state index is 13.1. The molecule has 0 spiro atoms. The van der Waals surface area contributed by atoms with E-state index in [1.807, 2.05) is 31.2 Å². The second-order valence-corrected chi connectivity index (χ2v) is 6.60. The van der Waals surface area contributed by atoms with Crippen LogP contribution in [0, 0.1) is 6.92 Å². The Hall–Kier alpha value is -3.32. The lowest BCUT2D eigenvalue weighted by Gasteiger charge is -2.15. The van der Waals surface area contributed by atoms with Gasteiger partial charge in [-0.15, -0.1) is 0 Å². The van der Waals surface area contributed by atoms with E-state index in [9.17, 15) is 9.59 Å². The highest BCUT2D eigenvalue weighted by Crippen LogP contribution is 2.33. The summed E-state index contributed by atoms with van der Waals surface area (Å²) < 4.78 is 15.6. The number of aryl methyl sites for hydroxylation is 1. The normalized spacial score (nSPS) is 13.9. The smallest absolute Gasteiger partial charge is 0.278 e. The number of rotatable bonds is 8. The second kappa shape index (κ2) is 8.79. The average Bonchev–Trinajstić information content (AvgIpc) is 2.96. The third kappa shape index (κ3) is 4.25. The number of nitrogens with zero attached hydrogens (tertiary/aromatic N) is 1. The molecule has 0 aliphatic carbocycles.